The van der Waals surface area contributed by atoms with Gasteiger partial charge in [0.15, 0.2) is 5.78 Å². The smallest absolute Gasteiger partial charge is 0.252 e. The molecule has 0 fully saturated rings. The van der Waals surface area contributed by atoms with Crippen LogP contribution >= 0.6 is 0 Å². The van der Waals surface area contributed by atoms with Gasteiger partial charge in [-0.3, -0.25) is 4.79 Å². The van der Waals surface area contributed by atoms with Crippen LogP contribution in [-0.4, -0.2) is 27.6 Å². The van der Waals surface area contributed by atoms with Gasteiger partial charge in [0.05, 0.1) is 0 Å². The fourth-order valence-electron chi connectivity index (χ4n) is 3.04. The van der Waals surface area contributed by atoms with Gasteiger partial charge in [-0.25, -0.2) is 9.67 Å². The minimum Gasteiger partial charge on any atom is -0.347 e. The molecule has 116 valence electrons. The quantitative estimate of drug-likeness (QED) is 0.811. The Morgan fingerprint density at radius 2 is 2.13 bits per heavy atom. The molecule has 0 bridgehead atoms. The van der Waals surface area contributed by atoms with Crippen LogP contribution in [0.3, 0.4) is 0 Å². The van der Waals surface area contributed by atoms with Gasteiger partial charge in [0.2, 0.25) is 0 Å². The number of anilines is 1. The number of aromatic nitrogens is 3. The molecule has 1 aromatic heterocycles. The number of hydrogen-bond donors (Lipinski definition) is 0. The second-order valence-corrected chi connectivity index (χ2v) is 6.07. The topological polar surface area (TPSA) is 74.8 Å². The molecule has 1 aliphatic rings. The number of carbonyl (C=O) groups is 1. The van der Waals surface area contributed by atoms with Crippen LogP contribution in [0.2, 0.25) is 0 Å². The first-order chi connectivity index (χ1) is 10.9. The summed E-state index contributed by atoms with van der Waals surface area (Å²) in [6, 6.07) is 10.0. The number of likely N-dealkylation sites (N-methyl/N-ethyl adjacent to an activating group) is 1. The van der Waals surface area contributed by atoms with Crippen molar-refractivity contribution in [1.29, 1.82) is 5.26 Å². The van der Waals surface area contributed by atoms with Crippen LogP contribution in [0.4, 0.5) is 5.69 Å². The number of fused-ring (bicyclic) bond motifs is 1. The van der Waals surface area contributed by atoms with E-state index in [1.165, 1.54) is 16.6 Å². The van der Waals surface area contributed by atoms with Crippen molar-refractivity contribution in [1.82, 2.24) is 14.8 Å². The Bertz CT molecular complexity index is 841. The molecule has 6 heteroatoms. The van der Waals surface area contributed by atoms with E-state index in [2.05, 4.69) is 41.0 Å². The molecule has 0 atom stereocenters. The number of para-hydroxylation sites is 1. The molecule has 0 saturated carbocycles. The highest BCUT2D eigenvalue weighted by Gasteiger charge is 2.38. The van der Waals surface area contributed by atoms with Gasteiger partial charge < -0.3 is 4.90 Å². The van der Waals surface area contributed by atoms with E-state index in [9.17, 15) is 4.79 Å². The summed E-state index contributed by atoms with van der Waals surface area (Å²) in [4.78, 5) is 18.2. The van der Waals surface area contributed by atoms with Gasteiger partial charge in [-0.15, -0.1) is 5.10 Å². The van der Waals surface area contributed by atoms with Crippen molar-refractivity contribution in [2.24, 2.45) is 0 Å². The summed E-state index contributed by atoms with van der Waals surface area (Å²) in [5.74, 6) is -0.0155. The molecule has 0 amide bonds. The standard InChI is InChI=1S/C17H17N5O/c1-17(2)13-6-4-5-7-14(13)21(3)15(17)8-12(23)10-22-11-19-16(9-18)20-22/h4-8,11H,10H2,1-3H3/b15-8-. The summed E-state index contributed by atoms with van der Waals surface area (Å²) in [5, 5.41) is 12.6. The second kappa shape index (κ2) is 5.36. The van der Waals surface area contributed by atoms with Crippen molar-refractivity contribution in [3.8, 4) is 6.07 Å². The molecule has 0 saturated heterocycles. The van der Waals surface area contributed by atoms with E-state index in [-0.39, 0.29) is 23.6 Å². The van der Waals surface area contributed by atoms with Gasteiger partial charge in [0, 0.05) is 29.9 Å². The van der Waals surface area contributed by atoms with Crippen molar-refractivity contribution in [3.63, 3.8) is 0 Å². The Morgan fingerprint density at radius 3 is 2.78 bits per heavy atom. The molecule has 0 N–H and O–H groups in total. The zero-order chi connectivity index (χ0) is 16.6. The first-order valence-corrected chi connectivity index (χ1v) is 7.31. The molecular formula is C17H17N5O. The first kappa shape index (κ1) is 15.0. The van der Waals surface area contributed by atoms with Crippen LogP contribution in [0.25, 0.3) is 0 Å². The predicted molar refractivity (Wildman–Crippen MR) is 85.7 cm³/mol. The van der Waals surface area contributed by atoms with Gasteiger partial charge in [-0.1, -0.05) is 32.0 Å². The third-order valence-corrected chi connectivity index (χ3v) is 4.19. The van der Waals surface area contributed by atoms with Crippen LogP contribution < -0.4 is 4.90 Å². The number of benzene rings is 1. The van der Waals surface area contributed by atoms with E-state index in [0.29, 0.717) is 0 Å². The van der Waals surface area contributed by atoms with E-state index >= 15 is 0 Å². The Labute approximate surface area is 134 Å². The fraction of sp³-hybridized carbons (Fsp3) is 0.294. The lowest BCUT2D eigenvalue weighted by Crippen LogP contribution is -2.24. The second-order valence-electron chi connectivity index (χ2n) is 6.07. The van der Waals surface area contributed by atoms with Crippen LogP contribution in [-0.2, 0) is 16.8 Å². The van der Waals surface area contributed by atoms with Crippen molar-refractivity contribution >= 4 is 11.5 Å². The van der Waals surface area contributed by atoms with Crippen molar-refractivity contribution < 1.29 is 4.79 Å². The molecule has 1 aromatic carbocycles. The summed E-state index contributed by atoms with van der Waals surface area (Å²) in [6.07, 6.45) is 3.06. The summed E-state index contributed by atoms with van der Waals surface area (Å²) >= 11 is 0. The molecule has 0 spiro atoms. The van der Waals surface area contributed by atoms with Crippen molar-refractivity contribution in [2.75, 3.05) is 11.9 Å². The van der Waals surface area contributed by atoms with Crippen molar-refractivity contribution in [2.45, 2.75) is 25.8 Å². The third kappa shape index (κ3) is 2.50. The van der Waals surface area contributed by atoms with Crippen LogP contribution in [0.1, 0.15) is 25.2 Å². The Kier molecular flexibility index (Phi) is 3.49. The summed E-state index contributed by atoms with van der Waals surface area (Å²) < 4.78 is 1.38. The van der Waals surface area contributed by atoms with E-state index in [1.807, 2.05) is 25.2 Å². The molecule has 6 nitrogen and oxygen atoms in total. The van der Waals surface area contributed by atoms with Gasteiger partial charge in [0.25, 0.3) is 5.82 Å². The third-order valence-electron chi connectivity index (χ3n) is 4.19. The van der Waals surface area contributed by atoms with Crippen LogP contribution in [0.15, 0.2) is 42.4 Å². The maximum atomic E-state index is 12.4. The largest absolute Gasteiger partial charge is 0.347 e. The van der Waals surface area contributed by atoms with Crippen molar-refractivity contribution in [3.05, 3.63) is 53.8 Å². The molecule has 1 aliphatic heterocycles. The number of nitrogens with zero attached hydrogens (tertiary/aromatic N) is 5. The van der Waals surface area contributed by atoms with Crippen LogP contribution in [0, 0.1) is 11.3 Å². The highest BCUT2D eigenvalue weighted by Crippen LogP contribution is 2.46. The predicted octanol–water partition coefficient (Wildman–Crippen LogP) is 2.03. The average Bonchev–Trinajstić information content (AvgIpc) is 3.05. The highest BCUT2D eigenvalue weighted by molar-refractivity contribution is 5.92. The Hall–Kier alpha value is -2.94. The number of carbonyl (C=O) groups excluding carboxylic acids is 1. The normalized spacial score (nSPS) is 17.1. The molecule has 2 aromatic rings. The number of allylic oxidation sites excluding steroid dienone is 2. The zero-order valence-corrected chi connectivity index (χ0v) is 13.3. The van der Waals surface area contributed by atoms with E-state index in [1.54, 1.807) is 6.08 Å². The number of nitriles is 1. The summed E-state index contributed by atoms with van der Waals surface area (Å²) in [6.45, 7) is 4.29. The van der Waals surface area contributed by atoms with E-state index < -0.39 is 0 Å². The first-order valence-electron chi connectivity index (χ1n) is 7.31. The molecule has 0 unspecified atom stereocenters. The maximum Gasteiger partial charge on any atom is 0.252 e. The molecule has 2 heterocycles. The lowest BCUT2D eigenvalue weighted by molar-refractivity contribution is -0.115. The summed E-state index contributed by atoms with van der Waals surface area (Å²) in [5.41, 5.74) is 3.03. The van der Waals surface area contributed by atoms with Crippen LogP contribution in [0.5, 0.6) is 0 Å². The average molecular weight is 307 g/mol. The minimum atomic E-state index is -0.235. The lowest BCUT2D eigenvalue weighted by atomic mass is 9.83. The van der Waals surface area contributed by atoms with Gasteiger partial charge in [-0.05, 0) is 11.6 Å². The van der Waals surface area contributed by atoms with Gasteiger partial charge in [-0.2, -0.15) is 5.26 Å². The molecular weight excluding hydrogens is 290 g/mol. The van der Waals surface area contributed by atoms with Gasteiger partial charge in [0.1, 0.15) is 18.9 Å². The minimum absolute atomic E-state index is 0.0659. The number of rotatable bonds is 3. The van der Waals surface area contributed by atoms with Gasteiger partial charge >= 0.3 is 0 Å². The Balaban J connectivity index is 1.88. The fourth-order valence-corrected chi connectivity index (χ4v) is 3.04. The summed E-state index contributed by atoms with van der Waals surface area (Å²) in [7, 11) is 1.97. The Morgan fingerprint density at radius 1 is 1.39 bits per heavy atom. The molecule has 0 radical (unpaired) electrons. The van der Waals surface area contributed by atoms with E-state index in [0.717, 1.165) is 11.4 Å². The van der Waals surface area contributed by atoms with E-state index in [4.69, 9.17) is 5.26 Å². The SMILES string of the molecule is CN1/C(=C\C(=O)Cn2cnc(C#N)n2)C(C)(C)c2ccccc21. The highest BCUT2D eigenvalue weighted by atomic mass is 16.1. The maximum absolute atomic E-state index is 12.4. The number of ketones is 1. The molecule has 0 aliphatic carbocycles. The number of hydrogen-bond acceptors (Lipinski definition) is 5. The molecule has 23 heavy (non-hydrogen) atoms. The lowest BCUT2D eigenvalue weighted by Gasteiger charge is -2.23. The zero-order valence-electron chi connectivity index (χ0n) is 13.3. The molecule has 3 rings (SSSR count). The monoisotopic (exact) mass is 307 g/mol.